The molecule has 2 N–H and O–H groups in total. The van der Waals surface area contributed by atoms with Gasteiger partial charge in [0.05, 0.1) is 24.1 Å². The summed E-state index contributed by atoms with van der Waals surface area (Å²) in [7, 11) is 0. The van der Waals surface area contributed by atoms with E-state index in [4.69, 9.17) is 0 Å². The minimum atomic E-state index is -0.468. The Balaban J connectivity index is 1.65. The lowest BCUT2D eigenvalue weighted by molar-refractivity contribution is -0.124. The van der Waals surface area contributed by atoms with Crippen molar-refractivity contribution in [3.05, 3.63) is 42.2 Å². The van der Waals surface area contributed by atoms with Crippen molar-refractivity contribution in [2.45, 2.75) is 32.4 Å². The average Bonchev–Trinajstić information content (AvgIpc) is 3.10. The first-order valence-electron chi connectivity index (χ1n) is 8.38. The molecule has 2 aromatic rings. The number of hydrogen-bond acceptors (Lipinski definition) is 4. The number of benzene rings is 1. The summed E-state index contributed by atoms with van der Waals surface area (Å²) in [4.78, 5) is 26.0. The van der Waals surface area contributed by atoms with Crippen LogP contribution in [0.2, 0.25) is 0 Å². The quantitative estimate of drug-likeness (QED) is 0.878. The lowest BCUT2D eigenvalue weighted by atomic mass is 10.1. The van der Waals surface area contributed by atoms with Crippen molar-refractivity contribution < 1.29 is 9.59 Å². The topological polar surface area (TPSA) is 92.2 Å². The average molecular weight is 342 g/mol. The first-order chi connectivity index (χ1) is 12.1. The van der Waals surface area contributed by atoms with Crippen LogP contribution >= 0.6 is 0 Å². The molecule has 1 fully saturated rings. The normalized spacial score (nSPS) is 19.0. The zero-order valence-corrected chi connectivity index (χ0v) is 14.3. The molecule has 1 aliphatic heterocycles. The fraction of sp³-hybridized carbons (Fsp3) is 0.412. The van der Waals surface area contributed by atoms with E-state index in [0.29, 0.717) is 13.1 Å². The Bertz CT molecular complexity index is 728. The fourth-order valence-electron chi connectivity index (χ4n) is 2.83. The Hall–Kier alpha value is -2.90. The predicted molar refractivity (Wildman–Crippen MR) is 92.1 cm³/mol. The number of carbonyl (C=O) groups is 2. The Labute approximate surface area is 146 Å². The van der Waals surface area contributed by atoms with Crippen molar-refractivity contribution in [3.63, 3.8) is 0 Å². The van der Waals surface area contributed by atoms with Crippen LogP contribution in [-0.4, -0.2) is 51.0 Å². The van der Waals surface area contributed by atoms with E-state index in [1.807, 2.05) is 31.2 Å². The van der Waals surface area contributed by atoms with Crippen molar-refractivity contribution >= 4 is 11.9 Å². The number of carbonyl (C=O) groups excluding carboxylic acids is 2. The van der Waals surface area contributed by atoms with Crippen molar-refractivity contribution in [3.8, 4) is 5.69 Å². The summed E-state index contributed by atoms with van der Waals surface area (Å²) >= 11 is 0. The summed E-state index contributed by atoms with van der Waals surface area (Å²) in [6.07, 6.45) is 4.14. The lowest BCUT2D eigenvalue weighted by Crippen LogP contribution is -2.49. The SMILES string of the molecule is C[C@H](NC(=O)N1CCCNC(=O)[C@@H]1C)c1ccc(-n2ccnn2)cc1. The summed E-state index contributed by atoms with van der Waals surface area (Å²) in [6.45, 7) is 4.83. The molecule has 3 rings (SSSR count). The standard InChI is InChI=1S/C17H22N6O2/c1-12(14-4-6-15(7-5-14)23-11-9-19-21-23)20-17(25)22-10-3-8-18-16(24)13(22)2/h4-7,9,11-13H,3,8,10H2,1-2H3,(H,18,24)(H,20,25)/t12-,13-/m0/s1. The largest absolute Gasteiger partial charge is 0.354 e. The van der Waals surface area contributed by atoms with E-state index in [9.17, 15) is 9.59 Å². The van der Waals surface area contributed by atoms with Crippen molar-refractivity contribution in [1.29, 1.82) is 0 Å². The van der Waals surface area contributed by atoms with Crippen LogP contribution in [0.15, 0.2) is 36.7 Å². The number of aromatic nitrogens is 3. The van der Waals surface area contributed by atoms with Gasteiger partial charge >= 0.3 is 6.03 Å². The van der Waals surface area contributed by atoms with Gasteiger partial charge in [0.1, 0.15) is 6.04 Å². The Morgan fingerprint density at radius 1 is 1.36 bits per heavy atom. The van der Waals surface area contributed by atoms with Crippen LogP contribution in [0.3, 0.4) is 0 Å². The summed E-state index contributed by atoms with van der Waals surface area (Å²) in [5.41, 5.74) is 1.88. The highest BCUT2D eigenvalue weighted by molar-refractivity contribution is 5.87. The van der Waals surface area contributed by atoms with Gasteiger partial charge in [0, 0.05) is 13.1 Å². The molecule has 8 heteroatoms. The first-order valence-corrected chi connectivity index (χ1v) is 8.38. The predicted octanol–water partition coefficient (Wildman–Crippen LogP) is 1.25. The summed E-state index contributed by atoms with van der Waals surface area (Å²) < 4.78 is 1.67. The summed E-state index contributed by atoms with van der Waals surface area (Å²) in [5, 5.41) is 13.5. The molecule has 132 valence electrons. The van der Waals surface area contributed by atoms with Gasteiger partial charge in [-0.1, -0.05) is 17.3 Å². The number of hydrogen-bond donors (Lipinski definition) is 2. The second kappa shape index (κ2) is 7.33. The molecule has 0 aliphatic carbocycles. The molecular formula is C17H22N6O2. The first kappa shape index (κ1) is 16.9. The second-order valence-corrected chi connectivity index (χ2v) is 6.12. The highest BCUT2D eigenvalue weighted by Gasteiger charge is 2.28. The number of nitrogens with one attached hydrogen (secondary N) is 2. The van der Waals surface area contributed by atoms with Gasteiger partial charge < -0.3 is 15.5 Å². The van der Waals surface area contributed by atoms with Crippen LogP contribution in [0.25, 0.3) is 5.69 Å². The van der Waals surface area contributed by atoms with E-state index in [-0.39, 0.29) is 18.0 Å². The molecule has 0 bridgehead atoms. The van der Waals surface area contributed by atoms with E-state index >= 15 is 0 Å². The van der Waals surface area contributed by atoms with E-state index in [1.165, 1.54) is 0 Å². The van der Waals surface area contributed by atoms with Crippen LogP contribution < -0.4 is 10.6 Å². The third-order valence-corrected chi connectivity index (χ3v) is 4.40. The van der Waals surface area contributed by atoms with Crippen molar-refractivity contribution in [2.75, 3.05) is 13.1 Å². The Morgan fingerprint density at radius 3 is 2.80 bits per heavy atom. The maximum Gasteiger partial charge on any atom is 0.318 e. The smallest absolute Gasteiger partial charge is 0.318 e. The number of nitrogens with zero attached hydrogens (tertiary/aromatic N) is 4. The van der Waals surface area contributed by atoms with Crippen molar-refractivity contribution in [1.82, 2.24) is 30.5 Å². The highest BCUT2D eigenvalue weighted by Crippen LogP contribution is 2.16. The second-order valence-electron chi connectivity index (χ2n) is 6.12. The van der Waals surface area contributed by atoms with Crippen LogP contribution in [-0.2, 0) is 4.79 Å². The molecule has 1 saturated heterocycles. The molecule has 0 saturated carbocycles. The van der Waals surface area contributed by atoms with Gasteiger partial charge in [0.15, 0.2) is 0 Å². The Kier molecular flexibility index (Phi) is 4.97. The van der Waals surface area contributed by atoms with E-state index in [1.54, 1.807) is 28.9 Å². The maximum atomic E-state index is 12.6. The van der Waals surface area contributed by atoms with Gasteiger partial charge in [0.25, 0.3) is 0 Å². The molecule has 0 radical (unpaired) electrons. The molecule has 3 amide bonds. The van der Waals surface area contributed by atoms with Gasteiger partial charge in [-0.3, -0.25) is 4.79 Å². The molecular weight excluding hydrogens is 320 g/mol. The van der Waals surface area contributed by atoms with Gasteiger partial charge in [0.2, 0.25) is 5.91 Å². The molecule has 1 aromatic carbocycles. The van der Waals surface area contributed by atoms with Gasteiger partial charge in [-0.25, -0.2) is 9.48 Å². The molecule has 25 heavy (non-hydrogen) atoms. The summed E-state index contributed by atoms with van der Waals surface area (Å²) in [5.74, 6) is -0.113. The van der Waals surface area contributed by atoms with E-state index in [0.717, 1.165) is 17.7 Å². The van der Waals surface area contributed by atoms with Gasteiger partial charge in [-0.05, 0) is 38.0 Å². The monoisotopic (exact) mass is 342 g/mol. The van der Waals surface area contributed by atoms with E-state index in [2.05, 4.69) is 20.9 Å². The zero-order valence-electron chi connectivity index (χ0n) is 14.3. The summed E-state index contributed by atoms with van der Waals surface area (Å²) in [6, 6.07) is 6.88. The van der Waals surface area contributed by atoms with Gasteiger partial charge in [-0.2, -0.15) is 0 Å². The third-order valence-electron chi connectivity index (χ3n) is 4.40. The molecule has 0 unspecified atom stereocenters. The Morgan fingerprint density at radius 2 is 2.12 bits per heavy atom. The van der Waals surface area contributed by atoms with Crippen LogP contribution in [0.4, 0.5) is 4.79 Å². The third kappa shape index (κ3) is 3.78. The highest BCUT2D eigenvalue weighted by atomic mass is 16.2. The minimum absolute atomic E-state index is 0.113. The lowest BCUT2D eigenvalue weighted by Gasteiger charge is -2.27. The molecule has 2 atom stereocenters. The van der Waals surface area contributed by atoms with Gasteiger partial charge in [-0.15, -0.1) is 5.10 Å². The van der Waals surface area contributed by atoms with Crippen LogP contribution in [0, 0.1) is 0 Å². The molecule has 1 aromatic heterocycles. The zero-order chi connectivity index (χ0) is 17.8. The molecule has 2 heterocycles. The molecule has 0 spiro atoms. The van der Waals surface area contributed by atoms with Crippen molar-refractivity contribution in [2.24, 2.45) is 0 Å². The number of urea groups is 1. The number of amides is 3. The van der Waals surface area contributed by atoms with E-state index < -0.39 is 6.04 Å². The fourth-order valence-corrected chi connectivity index (χ4v) is 2.83. The molecule has 1 aliphatic rings. The minimum Gasteiger partial charge on any atom is -0.354 e. The van der Waals surface area contributed by atoms with Crippen LogP contribution in [0.5, 0.6) is 0 Å². The maximum absolute atomic E-state index is 12.6. The number of rotatable bonds is 3. The molecule has 8 nitrogen and oxygen atoms in total. The van der Waals surface area contributed by atoms with Crippen LogP contribution in [0.1, 0.15) is 31.9 Å².